The summed E-state index contributed by atoms with van der Waals surface area (Å²) in [4.78, 5) is 7.77. The quantitative estimate of drug-likeness (QED) is 0.660. The van der Waals surface area contributed by atoms with Crippen molar-refractivity contribution in [3.8, 4) is 18.2 Å². The van der Waals surface area contributed by atoms with E-state index in [0.29, 0.717) is 18.2 Å². The molecule has 0 atom stereocenters. The monoisotopic (exact) mass is 163 g/mol. The Balaban J connectivity index is 2.67. The molecule has 0 aliphatic carbocycles. The van der Waals surface area contributed by atoms with E-state index in [1.807, 2.05) is 0 Å². The SMILES string of the molecule is C#CCNc1cc(OC)ncn1. The molecule has 0 unspecified atom stereocenters. The smallest absolute Gasteiger partial charge is 0.218 e. The highest BCUT2D eigenvalue weighted by Crippen LogP contribution is 2.08. The van der Waals surface area contributed by atoms with Crippen LogP contribution in [0, 0.1) is 12.3 Å². The Bertz CT molecular complexity index is 293. The van der Waals surface area contributed by atoms with Crippen molar-refractivity contribution < 1.29 is 4.74 Å². The van der Waals surface area contributed by atoms with Gasteiger partial charge in [0.15, 0.2) is 0 Å². The Morgan fingerprint density at radius 3 is 3.17 bits per heavy atom. The summed E-state index contributed by atoms with van der Waals surface area (Å²) in [5, 5.41) is 2.90. The van der Waals surface area contributed by atoms with E-state index in [0.717, 1.165) is 0 Å². The third-order valence-corrected chi connectivity index (χ3v) is 1.22. The van der Waals surface area contributed by atoms with Crippen LogP contribution >= 0.6 is 0 Å². The van der Waals surface area contributed by atoms with Crippen LogP contribution in [0.3, 0.4) is 0 Å². The number of terminal acetylenes is 1. The molecule has 0 saturated carbocycles. The molecule has 0 aromatic carbocycles. The molecule has 0 aliphatic heterocycles. The van der Waals surface area contributed by atoms with Crippen LogP contribution in [0.2, 0.25) is 0 Å². The molecule has 4 nitrogen and oxygen atoms in total. The summed E-state index contributed by atoms with van der Waals surface area (Å²) in [6.45, 7) is 0.445. The lowest BCUT2D eigenvalue weighted by Gasteiger charge is -2.01. The Kier molecular flexibility index (Phi) is 2.91. The fourth-order valence-electron chi connectivity index (χ4n) is 0.689. The molecule has 1 heterocycles. The van der Waals surface area contributed by atoms with E-state index in [1.54, 1.807) is 13.2 Å². The average Bonchev–Trinajstić information content (AvgIpc) is 2.15. The molecule has 12 heavy (non-hydrogen) atoms. The van der Waals surface area contributed by atoms with Crippen molar-refractivity contribution in [2.75, 3.05) is 19.0 Å². The molecule has 0 amide bonds. The van der Waals surface area contributed by atoms with Gasteiger partial charge in [0, 0.05) is 6.07 Å². The van der Waals surface area contributed by atoms with Gasteiger partial charge in [-0.05, 0) is 0 Å². The fourth-order valence-corrected chi connectivity index (χ4v) is 0.689. The number of hydrogen-bond acceptors (Lipinski definition) is 4. The summed E-state index contributed by atoms with van der Waals surface area (Å²) in [5.41, 5.74) is 0. The van der Waals surface area contributed by atoms with Gasteiger partial charge in [-0.25, -0.2) is 9.97 Å². The number of hydrogen-bond donors (Lipinski definition) is 1. The highest BCUT2D eigenvalue weighted by Gasteiger charge is 1.95. The first-order chi connectivity index (χ1) is 5.86. The maximum atomic E-state index is 5.06. The van der Waals surface area contributed by atoms with Gasteiger partial charge in [-0.2, -0.15) is 0 Å². The molecule has 62 valence electrons. The van der Waals surface area contributed by atoms with Crippen LogP contribution in [-0.4, -0.2) is 23.6 Å². The molecule has 1 N–H and O–H groups in total. The lowest BCUT2D eigenvalue weighted by Crippen LogP contribution is -2.01. The zero-order valence-corrected chi connectivity index (χ0v) is 6.74. The van der Waals surface area contributed by atoms with E-state index in [9.17, 15) is 0 Å². The first kappa shape index (κ1) is 8.34. The standard InChI is InChI=1S/C8H9N3O/c1-3-4-9-7-5-8(12-2)11-6-10-7/h1,5-6H,4H2,2H3,(H,9,10,11). The fraction of sp³-hybridized carbons (Fsp3) is 0.250. The summed E-state index contributed by atoms with van der Waals surface area (Å²) >= 11 is 0. The Morgan fingerprint density at radius 1 is 1.67 bits per heavy atom. The number of rotatable bonds is 3. The zero-order valence-electron chi connectivity index (χ0n) is 6.74. The summed E-state index contributed by atoms with van der Waals surface area (Å²) in [6, 6.07) is 1.68. The molecule has 1 rings (SSSR count). The van der Waals surface area contributed by atoms with E-state index in [-0.39, 0.29) is 0 Å². The minimum atomic E-state index is 0.445. The molecule has 1 aromatic heterocycles. The molecule has 0 aliphatic rings. The predicted octanol–water partition coefficient (Wildman–Crippen LogP) is 0.530. The van der Waals surface area contributed by atoms with Gasteiger partial charge in [0.2, 0.25) is 5.88 Å². The van der Waals surface area contributed by atoms with E-state index >= 15 is 0 Å². The first-order valence-corrected chi connectivity index (χ1v) is 3.40. The normalized spacial score (nSPS) is 8.67. The third kappa shape index (κ3) is 2.13. The highest BCUT2D eigenvalue weighted by molar-refractivity contribution is 5.38. The van der Waals surface area contributed by atoms with Crippen molar-refractivity contribution in [2.24, 2.45) is 0 Å². The van der Waals surface area contributed by atoms with Crippen molar-refractivity contribution >= 4 is 5.82 Å². The minimum absolute atomic E-state index is 0.445. The van der Waals surface area contributed by atoms with Crippen LogP contribution in [0.4, 0.5) is 5.82 Å². The molecule has 4 heteroatoms. The molecule has 0 saturated heterocycles. The maximum Gasteiger partial charge on any atom is 0.218 e. The van der Waals surface area contributed by atoms with Crippen LogP contribution in [0.15, 0.2) is 12.4 Å². The Morgan fingerprint density at radius 2 is 2.50 bits per heavy atom. The topological polar surface area (TPSA) is 47.0 Å². The van der Waals surface area contributed by atoms with E-state index in [2.05, 4.69) is 21.2 Å². The predicted molar refractivity (Wildman–Crippen MR) is 45.9 cm³/mol. The second-order valence-corrected chi connectivity index (χ2v) is 2.00. The van der Waals surface area contributed by atoms with Gasteiger partial charge in [0.25, 0.3) is 0 Å². The van der Waals surface area contributed by atoms with Crippen LogP contribution in [-0.2, 0) is 0 Å². The van der Waals surface area contributed by atoms with E-state index in [4.69, 9.17) is 11.2 Å². The maximum absolute atomic E-state index is 5.06. The lowest BCUT2D eigenvalue weighted by atomic mass is 10.5. The van der Waals surface area contributed by atoms with Gasteiger partial charge >= 0.3 is 0 Å². The average molecular weight is 163 g/mol. The van der Waals surface area contributed by atoms with Crippen molar-refractivity contribution in [3.63, 3.8) is 0 Å². The number of nitrogens with one attached hydrogen (secondary N) is 1. The first-order valence-electron chi connectivity index (χ1n) is 3.40. The van der Waals surface area contributed by atoms with Crippen molar-refractivity contribution in [1.29, 1.82) is 0 Å². The number of ether oxygens (including phenoxy) is 1. The molecule has 0 fully saturated rings. The minimum Gasteiger partial charge on any atom is -0.481 e. The molecule has 1 aromatic rings. The number of nitrogens with zero attached hydrogens (tertiary/aromatic N) is 2. The second-order valence-electron chi connectivity index (χ2n) is 2.00. The highest BCUT2D eigenvalue weighted by atomic mass is 16.5. The van der Waals surface area contributed by atoms with Gasteiger partial charge < -0.3 is 10.1 Å². The van der Waals surface area contributed by atoms with E-state index in [1.165, 1.54) is 6.33 Å². The summed E-state index contributed by atoms with van der Waals surface area (Å²) in [5.74, 6) is 3.63. The van der Waals surface area contributed by atoms with Gasteiger partial charge in [-0.3, -0.25) is 0 Å². The van der Waals surface area contributed by atoms with Crippen molar-refractivity contribution in [3.05, 3.63) is 12.4 Å². The lowest BCUT2D eigenvalue weighted by molar-refractivity contribution is 0.397. The van der Waals surface area contributed by atoms with Gasteiger partial charge in [0.05, 0.1) is 13.7 Å². The molecule has 0 bridgehead atoms. The summed E-state index contributed by atoms with van der Waals surface area (Å²) in [7, 11) is 1.55. The summed E-state index contributed by atoms with van der Waals surface area (Å²) in [6.07, 6.45) is 6.47. The van der Waals surface area contributed by atoms with Crippen LogP contribution in [0.5, 0.6) is 5.88 Å². The largest absolute Gasteiger partial charge is 0.481 e. The molecule has 0 radical (unpaired) electrons. The number of methoxy groups -OCH3 is 1. The van der Waals surface area contributed by atoms with Crippen LogP contribution in [0.25, 0.3) is 0 Å². The van der Waals surface area contributed by atoms with E-state index < -0.39 is 0 Å². The third-order valence-electron chi connectivity index (χ3n) is 1.22. The molecular weight excluding hydrogens is 154 g/mol. The Hall–Kier alpha value is -1.76. The second kappa shape index (κ2) is 4.19. The zero-order chi connectivity index (χ0) is 8.81. The molecular formula is C8H9N3O. The van der Waals surface area contributed by atoms with Gasteiger partial charge in [-0.1, -0.05) is 5.92 Å². The van der Waals surface area contributed by atoms with Crippen LogP contribution in [0.1, 0.15) is 0 Å². The van der Waals surface area contributed by atoms with Gasteiger partial charge in [-0.15, -0.1) is 6.42 Å². The number of anilines is 1. The van der Waals surface area contributed by atoms with Gasteiger partial charge in [0.1, 0.15) is 12.1 Å². The van der Waals surface area contributed by atoms with Crippen molar-refractivity contribution in [2.45, 2.75) is 0 Å². The van der Waals surface area contributed by atoms with Crippen LogP contribution < -0.4 is 10.1 Å². The Labute approximate surface area is 71.0 Å². The molecule has 0 spiro atoms. The summed E-state index contributed by atoms with van der Waals surface area (Å²) < 4.78 is 4.89. The van der Waals surface area contributed by atoms with Crippen molar-refractivity contribution in [1.82, 2.24) is 9.97 Å². The number of aromatic nitrogens is 2.